The van der Waals surface area contributed by atoms with E-state index in [2.05, 4.69) is 22.6 Å². The summed E-state index contributed by atoms with van der Waals surface area (Å²) in [6, 6.07) is 3.87. The van der Waals surface area contributed by atoms with E-state index in [1.54, 1.807) is 0 Å². The average molecular weight is 296 g/mol. The van der Waals surface area contributed by atoms with Crippen LogP contribution in [-0.2, 0) is 0 Å². The van der Waals surface area contributed by atoms with Crippen molar-refractivity contribution >= 4 is 34.2 Å². The molecule has 4 heteroatoms. The molecular formula is C8H7ClINO. The predicted molar refractivity (Wildman–Crippen MR) is 56.6 cm³/mol. The van der Waals surface area contributed by atoms with Crippen LogP contribution in [0, 0.1) is 3.57 Å². The van der Waals surface area contributed by atoms with Crippen LogP contribution in [0.5, 0.6) is 5.75 Å². The quantitative estimate of drug-likeness (QED) is 0.746. The maximum absolute atomic E-state index is 5.95. The van der Waals surface area contributed by atoms with Crippen molar-refractivity contribution < 1.29 is 4.74 Å². The molecule has 1 aliphatic rings. The van der Waals surface area contributed by atoms with Crippen LogP contribution in [-0.4, -0.2) is 6.61 Å². The Hall–Kier alpha value is -0.0000000000000000555. The summed E-state index contributed by atoms with van der Waals surface area (Å²) in [7, 11) is 0. The second kappa shape index (κ2) is 3.05. The monoisotopic (exact) mass is 295 g/mol. The van der Waals surface area contributed by atoms with Crippen molar-refractivity contribution in [2.75, 3.05) is 6.61 Å². The Labute approximate surface area is 89.2 Å². The van der Waals surface area contributed by atoms with Gasteiger partial charge in [-0.1, -0.05) is 11.6 Å². The average Bonchev–Trinajstić information content (AvgIpc) is 2.33. The highest BCUT2D eigenvalue weighted by Crippen LogP contribution is 2.38. The van der Waals surface area contributed by atoms with Crippen molar-refractivity contribution in [3.8, 4) is 5.75 Å². The lowest BCUT2D eigenvalue weighted by molar-refractivity contribution is 0.333. The van der Waals surface area contributed by atoms with Crippen LogP contribution in [0.3, 0.4) is 0 Å². The Bertz CT molecular complexity index is 329. The number of halogens is 2. The maximum Gasteiger partial charge on any atom is 0.142 e. The summed E-state index contributed by atoms with van der Waals surface area (Å²) in [5, 5.41) is 0.657. The molecule has 0 fully saturated rings. The molecule has 12 heavy (non-hydrogen) atoms. The minimum atomic E-state index is -0.0211. The molecule has 0 aliphatic carbocycles. The molecule has 64 valence electrons. The highest BCUT2D eigenvalue weighted by Gasteiger charge is 2.23. The van der Waals surface area contributed by atoms with Gasteiger partial charge < -0.3 is 10.5 Å². The van der Waals surface area contributed by atoms with Crippen LogP contribution >= 0.6 is 34.2 Å². The van der Waals surface area contributed by atoms with E-state index >= 15 is 0 Å². The van der Waals surface area contributed by atoms with Gasteiger partial charge >= 0.3 is 0 Å². The lowest BCUT2D eigenvalue weighted by Gasteiger charge is -2.02. The van der Waals surface area contributed by atoms with Gasteiger partial charge in [-0.05, 0) is 34.7 Å². The minimum Gasteiger partial charge on any atom is -0.490 e. The molecule has 2 nitrogen and oxygen atoms in total. The molecule has 0 unspecified atom stereocenters. The largest absolute Gasteiger partial charge is 0.490 e. The van der Waals surface area contributed by atoms with E-state index in [-0.39, 0.29) is 6.04 Å². The first-order valence-electron chi connectivity index (χ1n) is 3.56. The third-order valence-corrected chi connectivity index (χ3v) is 2.75. The number of fused-ring (bicyclic) bond motifs is 1. The molecular weight excluding hydrogens is 288 g/mol. The van der Waals surface area contributed by atoms with Crippen LogP contribution in [0.25, 0.3) is 0 Å². The molecule has 0 bridgehead atoms. The van der Waals surface area contributed by atoms with E-state index in [0.717, 1.165) is 14.9 Å². The van der Waals surface area contributed by atoms with Crippen molar-refractivity contribution in [1.82, 2.24) is 0 Å². The van der Waals surface area contributed by atoms with E-state index < -0.39 is 0 Å². The summed E-state index contributed by atoms with van der Waals surface area (Å²) in [6.45, 7) is 0.537. The maximum atomic E-state index is 5.95. The summed E-state index contributed by atoms with van der Waals surface area (Å²) in [5.74, 6) is 0.754. The molecule has 0 saturated heterocycles. The van der Waals surface area contributed by atoms with E-state index in [9.17, 15) is 0 Å². The first-order valence-corrected chi connectivity index (χ1v) is 5.01. The van der Waals surface area contributed by atoms with Gasteiger partial charge in [-0.25, -0.2) is 0 Å². The Morgan fingerprint density at radius 2 is 2.33 bits per heavy atom. The second-order valence-electron chi connectivity index (χ2n) is 2.72. The summed E-state index contributed by atoms with van der Waals surface area (Å²) >= 11 is 8.17. The molecule has 1 atom stereocenters. The molecule has 2 N–H and O–H groups in total. The van der Waals surface area contributed by atoms with Gasteiger partial charge in [-0.15, -0.1) is 0 Å². The highest BCUT2D eigenvalue weighted by molar-refractivity contribution is 14.1. The standard InChI is InChI=1S/C8H7ClINO/c9-6-2-4(10)1-5-7(11)3-12-8(5)6/h1-2,7H,3,11H2/t7-/m0/s1. The Kier molecular flexibility index (Phi) is 2.18. The molecule has 2 rings (SSSR count). The first kappa shape index (κ1) is 8.59. The van der Waals surface area contributed by atoms with Crippen molar-refractivity contribution in [2.24, 2.45) is 5.73 Å². The van der Waals surface area contributed by atoms with E-state index in [0.29, 0.717) is 11.6 Å². The fourth-order valence-corrected chi connectivity index (χ4v) is 2.38. The van der Waals surface area contributed by atoms with Crippen LogP contribution in [0.1, 0.15) is 11.6 Å². The SMILES string of the molecule is N[C@H]1COc2c(Cl)cc(I)cc21. The normalized spacial score (nSPS) is 20.4. The van der Waals surface area contributed by atoms with Gasteiger partial charge in [0.25, 0.3) is 0 Å². The molecule has 0 aromatic heterocycles. The van der Waals surface area contributed by atoms with Gasteiger partial charge in [0.15, 0.2) is 0 Å². The van der Waals surface area contributed by atoms with Crippen molar-refractivity contribution in [3.05, 3.63) is 26.3 Å². The zero-order chi connectivity index (χ0) is 8.72. The highest BCUT2D eigenvalue weighted by atomic mass is 127. The molecule has 0 amide bonds. The Morgan fingerprint density at radius 1 is 1.58 bits per heavy atom. The third-order valence-electron chi connectivity index (χ3n) is 1.84. The molecule has 0 spiro atoms. The van der Waals surface area contributed by atoms with Gasteiger partial charge in [0.2, 0.25) is 0 Å². The Balaban J connectivity index is 2.60. The van der Waals surface area contributed by atoms with Gasteiger partial charge in [0.05, 0.1) is 11.1 Å². The molecule has 1 aromatic rings. The lowest BCUT2D eigenvalue weighted by atomic mass is 10.1. The van der Waals surface area contributed by atoms with Gasteiger partial charge in [0, 0.05) is 9.13 Å². The van der Waals surface area contributed by atoms with Gasteiger partial charge in [-0.2, -0.15) is 0 Å². The van der Waals surface area contributed by atoms with Gasteiger partial charge in [0.1, 0.15) is 12.4 Å². The molecule has 1 aromatic carbocycles. The molecule has 0 radical (unpaired) electrons. The number of ether oxygens (including phenoxy) is 1. The fourth-order valence-electron chi connectivity index (χ4n) is 1.27. The summed E-state index contributed by atoms with van der Waals surface area (Å²) in [4.78, 5) is 0. The van der Waals surface area contributed by atoms with Crippen LogP contribution < -0.4 is 10.5 Å². The zero-order valence-electron chi connectivity index (χ0n) is 6.18. The number of benzene rings is 1. The van der Waals surface area contributed by atoms with Crippen molar-refractivity contribution in [1.29, 1.82) is 0 Å². The zero-order valence-corrected chi connectivity index (χ0v) is 9.09. The number of nitrogens with two attached hydrogens (primary N) is 1. The summed E-state index contributed by atoms with van der Waals surface area (Å²) in [5.41, 5.74) is 6.82. The van der Waals surface area contributed by atoms with Crippen LogP contribution in [0.2, 0.25) is 5.02 Å². The van der Waals surface area contributed by atoms with Gasteiger partial charge in [-0.3, -0.25) is 0 Å². The number of rotatable bonds is 0. The summed E-state index contributed by atoms with van der Waals surface area (Å²) < 4.78 is 6.43. The van der Waals surface area contributed by atoms with Crippen molar-refractivity contribution in [3.63, 3.8) is 0 Å². The summed E-state index contributed by atoms with van der Waals surface area (Å²) in [6.07, 6.45) is 0. The second-order valence-corrected chi connectivity index (χ2v) is 4.38. The first-order chi connectivity index (χ1) is 5.68. The molecule has 1 aliphatic heterocycles. The smallest absolute Gasteiger partial charge is 0.142 e. The Morgan fingerprint density at radius 3 is 3.08 bits per heavy atom. The molecule has 1 heterocycles. The van der Waals surface area contributed by atoms with Crippen LogP contribution in [0.15, 0.2) is 12.1 Å². The van der Waals surface area contributed by atoms with Crippen molar-refractivity contribution in [2.45, 2.75) is 6.04 Å². The van der Waals surface area contributed by atoms with E-state index in [1.807, 2.05) is 12.1 Å². The minimum absolute atomic E-state index is 0.0211. The fraction of sp³-hybridized carbons (Fsp3) is 0.250. The topological polar surface area (TPSA) is 35.2 Å². The van der Waals surface area contributed by atoms with Crippen LogP contribution in [0.4, 0.5) is 0 Å². The number of hydrogen-bond donors (Lipinski definition) is 1. The third kappa shape index (κ3) is 1.30. The predicted octanol–water partition coefficient (Wildman–Crippen LogP) is 2.34. The van der Waals surface area contributed by atoms with E-state index in [1.165, 1.54) is 0 Å². The number of hydrogen-bond acceptors (Lipinski definition) is 2. The van der Waals surface area contributed by atoms with E-state index in [4.69, 9.17) is 22.1 Å². The molecule has 0 saturated carbocycles. The lowest BCUT2D eigenvalue weighted by Crippen LogP contribution is -2.10.